The first-order valence-corrected chi connectivity index (χ1v) is 7.87. The summed E-state index contributed by atoms with van der Waals surface area (Å²) >= 11 is 0. The molecule has 3 rings (SSSR count). The van der Waals surface area contributed by atoms with E-state index in [0.29, 0.717) is 18.1 Å². The summed E-state index contributed by atoms with van der Waals surface area (Å²) in [7, 11) is 0. The molecule has 110 valence electrons. The SMILES string of the molecule is CC1CC(N)CCN1C(c1ccccc1)c1ccccc1. The molecule has 0 radical (unpaired) electrons. The molecule has 2 N–H and O–H groups in total. The molecule has 1 aliphatic heterocycles. The summed E-state index contributed by atoms with van der Waals surface area (Å²) in [6, 6.07) is 22.8. The van der Waals surface area contributed by atoms with Crippen molar-refractivity contribution in [1.82, 2.24) is 4.90 Å². The van der Waals surface area contributed by atoms with Crippen molar-refractivity contribution >= 4 is 0 Å². The molecular formula is C19H24N2. The first-order chi connectivity index (χ1) is 10.3. The summed E-state index contributed by atoms with van der Waals surface area (Å²) in [5.41, 5.74) is 8.87. The standard InChI is InChI=1S/C19H24N2/c1-15-14-18(20)12-13-21(15)19(16-8-4-2-5-9-16)17-10-6-3-7-11-17/h2-11,15,18-19H,12-14,20H2,1H3. The maximum absolute atomic E-state index is 6.14. The van der Waals surface area contributed by atoms with Crippen molar-refractivity contribution < 1.29 is 0 Å². The second kappa shape index (κ2) is 6.42. The average Bonchev–Trinajstić information content (AvgIpc) is 2.52. The highest BCUT2D eigenvalue weighted by Gasteiger charge is 2.30. The van der Waals surface area contributed by atoms with Gasteiger partial charge in [0.25, 0.3) is 0 Å². The largest absolute Gasteiger partial charge is 0.328 e. The van der Waals surface area contributed by atoms with Crippen LogP contribution in [0.4, 0.5) is 0 Å². The topological polar surface area (TPSA) is 29.3 Å². The van der Waals surface area contributed by atoms with E-state index in [1.807, 2.05) is 0 Å². The molecular weight excluding hydrogens is 256 g/mol. The minimum Gasteiger partial charge on any atom is -0.328 e. The van der Waals surface area contributed by atoms with Crippen LogP contribution in [0.15, 0.2) is 60.7 Å². The first kappa shape index (κ1) is 14.3. The van der Waals surface area contributed by atoms with Gasteiger partial charge in [-0.1, -0.05) is 60.7 Å². The van der Waals surface area contributed by atoms with E-state index in [1.165, 1.54) is 11.1 Å². The second-order valence-electron chi connectivity index (χ2n) is 6.10. The predicted octanol–water partition coefficient (Wildman–Crippen LogP) is 3.59. The summed E-state index contributed by atoms with van der Waals surface area (Å²) in [5.74, 6) is 0. The zero-order chi connectivity index (χ0) is 14.7. The Bertz CT molecular complexity index is 513. The molecule has 2 aromatic rings. The van der Waals surface area contributed by atoms with Crippen molar-refractivity contribution in [2.75, 3.05) is 6.54 Å². The van der Waals surface area contributed by atoms with E-state index < -0.39 is 0 Å². The molecule has 0 spiro atoms. The fraction of sp³-hybridized carbons (Fsp3) is 0.368. The van der Waals surface area contributed by atoms with Crippen LogP contribution in [0.25, 0.3) is 0 Å². The monoisotopic (exact) mass is 280 g/mol. The van der Waals surface area contributed by atoms with E-state index >= 15 is 0 Å². The molecule has 1 heterocycles. The Kier molecular flexibility index (Phi) is 4.37. The number of rotatable bonds is 3. The molecule has 0 aliphatic carbocycles. The highest BCUT2D eigenvalue weighted by Crippen LogP contribution is 2.33. The number of hydrogen-bond donors (Lipinski definition) is 1. The molecule has 1 aliphatic rings. The maximum atomic E-state index is 6.14. The van der Waals surface area contributed by atoms with Crippen molar-refractivity contribution in [3.8, 4) is 0 Å². The van der Waals surface area contributed by atoms with Gasteiger partial charge in [-0.15, -0.1) is 0 Å². The van der Waals surface area contributed by atoms with Gasteiger partial charge in [0.1, 0.15) is 0 Å². The zero-order valence-electron chi connectivity index (χ0n) is 12.7. The highest BCUT2D eigenvalue weighted by atomic mass is 15.2. The molecule has 1 saturated heterocycles. The van der Waals surface area contributed by atoms with E-state index in [2.05, 4.69) is 72.5 Å². The summed E-state index contributed by atoms with van der Waals surface area (Å²) in [4.78, 5) is 2.61. The number of hydrogen-bond acceptors (Lipinski definition) is 2. The third-order valence-electron chi connectivity index (χ3n) is 4.53. The van der Waals surface area contributed by atoms with Crippen molar-refractivity contribution in [2.24, 2.45) is 5.73 Å². The third-order valence-corrected chi connectivity index (χ3v) is 4.53. The van der Waals surface area contributed by atoms with E-state index in [0.717, 1.165) is 19.4 Å². The Morgan fingerprint density at radius 3 is 1.95 bits per heavy atom. The minimum atomic E-state index is 0.329. The molecule has 21 heavy (non-hydrogen) atoms. The van der Waals surface area contributed by atoms with Crippen LogP contribution in [-0.2, 0) is 0 Å². The normalized spacial score (nSPS) is 23.4. The molecule has 1 fully saturated rings. The number of nitrogens with zero attached hydrogens (tertiary/aromatic N) is 1. The number of piperidine rings is 1. The number of likely N-dealkylation sites (tertiary alicyclic amines) is 1. The van der Waals surface area contributed by atoms with E-state index in [9.17, 15) is 0 Å². The Hall–Kier alpha value is -1.64. The van der Waals surface area contributed by atoms with Crippen LogP contribution in [0.2, 0.25) is 0 Å². The lowest BCUT2D eigenvalue weighted by atomic mass is 9.91. The van der Waals surface area contributed by atoms with Gasteiger partial charge in [0.2, 0.25) is 0 Å². The Morgan fingerprint density at radius 2 is 1.48 bits per heavy atom. The van der Waals surface area contributed by atoms with Gasteiger partial charge < -0.3 is 5.73 Å². The maximum Gasteiger partial charge on any atom is 0.0604 e. The van der Waals surface area contributed by atoms with Crippen LogP contribution in [-0.4, -0.2) is 23.5 Å². The Morgan fingerprint density at radius 1 is 0.952 bits per heavy atom. The van der Waals surface area contributed by atoms with Crippen molar-refractivity contribution in [3.05, 3.63) is 71.8 Å². The second-order valence-corrected chi connectivity index (χ2v) is 6.10. The molecule has 0 amide bonds. The highest BCUT2D eigenvalue weighted by molar-refractivity contribution is 5.32. The summed E-state index contributed by atoms with van der Waals surface area (Å²) in [5, 5.41) is 0. The first-order valence-electron chi connectivity index (χ1n) is 7.87. The molecule has 2 unspecified atom stereocenters. The van der Waals surface area contributed by atoms with Gasteiger partial charge in [-0.05, 0) is 30.9 Å². The van der Waals surface area contributed by atoms with Crippen molar-refractivity contribution in [3.63, 3.8) is 0 Å². The summed E-state index contributed by atoms with van der Waals surface area (Å²) in [6.45, 7) is 3.37. The van der Waals surface area contributed by atoms with Gasteiger partial charge >= 0.3 is 0 Å². The Labute approximate surface area is 127 Å². The molecule has 2 aromatic carbocycles. The molecule has 2 heteroatoms. The van der Waals surface area contributed by atoms with E-state index in [-0.39, 0.29) is 0 Å². The van der Waals surface area contributed by atoms with Crippen molar-refractivity contribution in [1.29, 1.82) is 0 Å². The van der Waals surface area contributed by atoms with Gasteiger partial charge in [-0.3, -0.25) is 4.90 Å². The van der Waals surface area contributed by atoms with Crippen LogP contribution in [0.3, 0.4) is 0 Å². The van der Waals surface area contributed by atoms with Crippen LogP contribution >= 0.6 is 0 Å². The quantitative estimate of drug-likeness (QED) is 0.931. The zero-order valence-corrected chi connectivity index (χ0v) is 12.7. The van der Waals surface area contributed by atoms with Gasteiger partial charge in [0, 0.05) is 18.6 Å². The number of benzene rings is 2. The van der Waals surface area contributed by atoms with Crippen molar-refractivity contribution in [2.45, 2.75) is 37.9 Å². The summed E-state index contributed by atoms with van der Waals surface area (Å²) < 4.78 is 0. The smallest absolute Gasteiger partial charge is 0.0604 e. The Balaban J connectivity index is 1.97. The van der Waals surface area contributed by atoms with Gasteiger partial charge in [-0.25, -0.2) is 0 Å². The molecule has 2 nitrogen and oxygen atoms in total. The lowest BCUT2D eigenvalue weighted by Crippen LogP contribution is -2.47. The fourth-order valence-electron chi connectivity index (χ4n) is 3.46. The number of nitrogens with two attached hydrogens (primary N) is 1. The van der Waals surface area contributed by atoms with E-state index in [4.69, 9.17) is 5.73 Å². The van der Waals surface area contributed by atoms with Crippen LogP contribution < -0.4 is 5.73 Å². The summed E-state index contributed by atoms with van der Waals surface area (Å²) in [6.07, 6.45) is 2.16. The van der Waals surface area contributed by atoms with Gasteiger partial charge in [-0.2, -0.15) is 0 Å². The molecule has 2 atom stereocenters. The fourth-order valence-corrected chi connectivity index (χ4v) is 3.46. The molecule has 0 aromatic heterocycles. The van der Waals surface area contributed by atoms with Gasteiger partial charge in [0.15, 0.2) is 0 Å². The lowest BCUT2D eigenvalue weighted by molar-refractivity contribution is 0.114. The van der Waals surface area contributed by atoms with Crippen LogP contribution in [0.5, 0.6) is 0 Å². The molecule has 0 bridgehead atoms. The van der Waals surface area contributed by atoms with E-state index in [1.54, 1.807) is 0 Å². The lowest BCUT2D eigenvalue weighted by Gasteiger charge is -2.42. The van der Waals surface area contributed by atoms with Gasteiger partial charge in [0.05, 0.1) is 6.04 Å². The molecule has 0 saturated carbocycles. The average molecular weight is 280 g/mol. The minimum absolute atomic E-state index is 0.329. The third kappa shape index (κ3) is 3.17. The van der Waals surface area contributed by atoms with Crippen LogP contribution in [0.1, 0.15) is 36.9 Å². The predicted molar refractivity (Wildman–Crippen MR) is 88.1 cm³/mol. The van der Waals surface area contributed by atoms with Crippen LogP contribution in [0, 0.1) is 0 Å².